The molecule has 1 N–H and O–H groups in total. The second-order valence-corrected chi connectivity index (χ2v) is 6.45. The second kappa shape index (κ2) is 6.91. The number of amides is 1. The molecule has 1 aliphatic rings. The van der Waals surface area contributed by atoms with Crippen molar-refractivity contribution in [1.82, 2.24) is 15.0 Å². The fourth-order valence-corrected chi connectivity index (χ4v) is 3.29. The van der Waals surface area contributed by atoms with Crippen LogP contribution in [0.25, 0.3) is 10.7 Å². The van der Waals surface area contributed by atoms with Gasteiger partial charge in [0.25, 0.3) is 0 Å². The van der Waals surface area contributed by atoms with Crippen molar-refractivity contribution in [2.75, 3.05) is 13.1 Å². The number of aromatic nitrogens is 2. The first-order valence-corrected chi connectivity index (χ1v) is 8.38. The number of rotatable bonds is 5. The predicted molar refractivity (Wildman–Crippen MR) is 82.9 cm³/mol. The molecule has 1 saturated heterocycles. The Morgan fingerprint density at radius 3 is 3.09 bits per heavy atom. The monoisotopic (exact) mass is 335 g/mol. The van der Waals surface area contributed by atoms with Crippen LogP contribution in [0.3, 0.4) is 0 Å². The lowest BCUT2D eigenvalue weighted by Gasteiger charge is -2.30. The third kappa shape index (κ3) is 3.76. The summed E-state index contributed by atoms with van der Waals surface area (Å²) in [4.78, 5) is 30.1. The molecule has 0 saturated carbocycles. The fourth-order valence-electron chi connectivity index (χ4n) is 2.64. The number of thiophene rings is 1. The van der Waals surface area contributed by atoms with Crippen LogP contribution < -0.4 is 0 Å². The van der Waals surface area contributed by atoms with Crippen LogP contribution in [0.1, 0.15) is 25.2 Å². The lowest BCUT2D eigenvalue weighted by Crippen LogP contribution is -2.42. The van der Waals surface area contributed by atoms with Gasteiger partial charge in [-0.2, -0.15) is 4.98 Å². The van der Waals surface area contributed by atoms with Crippen LogP contribution >= 0.6 is 11.3 Å². The average Bonchev–Trinajstić information content (AvgIpc) is 3.23. The first-order valence-electron chi connectivity index (χ1n) is 7.50. The van der Waals surface area contributed by atoms with Gasteiger partial charge < -0.3 is 14.5 Å². The molecule has 0 aromatic carbocycles. The van der Waals surface area contributed by atoms with Crippen molar-refractivity contribution >= 4 is 23.2 Å². The molecule has 2 aromatic heterocycles. The zero-order valence-electron chi connectivity index (χ0n) is 12.5. The number of carbonyl (C=O) groups is 2. The average molecular weight is 335 g/mol. The highest BCUT2D eigenvalue weighted by Crippen LogP contribution is 2.22. The Labute approximate surface area is 136 Å². The molecule has 0 unspecified atom stereocenters. The molecule has 7 nitrogen and oxygen atoms in total. The van der Waals surface area contributed by atoms with Crippen LogP contribution in [0, 0.1) is 5.92 Å². The van der Waals surface area contributed by atoms with E-state index in [1.165, 1.54) is 11.3 Å². The summed E-state index contributed by atoms with van der Waals surface area (Å²) in [6.45, 7) is 0.908. The van der Waals surface area contributed by atoms with Crippen LogP contribution in [0.4, 0.5) is 0 Å². The van der Waals surface area contributed by atoms with Gasteiger partial charge in [-0.15, -0.1) is 11.3 Å². The van der Waals surface area contributed by atoms with Gasteiger partial charge in [0.2, 0.25) is 17.6 Å². The van der Waals surface area contributed by atoms with Gasteiger partial charge in [-0.05, 0) is 24.3 Å². The molecule has 1 aliphatic heterocycles. The smallest absolute Gasteiger partial charge is 0.308 e. The maximum atomic E-state index is 12.2. The Kier molecular flexibility index (Phi) is 4.71. The summed E-state index contributed by atoms with van der Waals surface area (Å²) in [5.74, 6) is -0.395. The number of nitrogens with zero attached hydrogens (tertiary/aromatic N) is 3. The quantitative estimate of drug-likeness (QED) is 0.898. The summed E-state index contributed by atoms with van der Waals surface area (Å²) in [6, 6.07) is 3.82. The van der Waals surface area contributed by atoms with Crippen molar-refractivity contribution in [2.45, 2.75) is 25.7 Å². The molecule has 1 atom stereocenters. The normalized spacial score (nSPS) is 18.1. The van der Waals surface area contributed by atoms with E-state index in [4.69, 9.17) is 9.63 Å². The van der Waals surface area contributed by atoms with Gasteiger partial charge in [0.1, 0.15) is 0 Å². The largest absolute Gasteiger partial charge is 0.481 e. The number of carboxylic acids is 1. The van der Waals surface area contributed by atoms with Crippen molar-refractivity contribution in [3.63, 3.8) is 0 Å². The topological polar surface area (TPSA) is 96.5 Å². The molecule has 0 radical (unpaired) electrons. The molecule has 3 rings (SSSR count). The number of aryl methyl sites for hydroxylation is 1. The Morgan fingerprint density at radius 1 is 1.48 bits per heavy atom. The highest BCUT2D eigenvalue weighted by atomic mass is 32.1. The standard InChI is InChI=1S/C15H17N3O4S/c19-13(18-7-1-3-10(9-18)15(20)21)6-5-12-16-14(17-22-12)11-4-2-8-23-11/h2,4,8,10H,1,3,5-7,9H2,(H,20,21)/t10-/m0/s1. The Morgan fingerprint density at radius 2 is 2.35 bits per heavy atom. The fraction of sp³-hybridized carbons (Fsp3) is 0.467. The maximum Gasteiger partial charge on any atom is 0.308 e. The van der Waals surface area contributed by atoms with Crippen molar-refractivity contribution in [2.24, 2.45) is 5.92 Å². The van der Waals surface area contributed by atoms with Crippen molar-refractivity contribution < 1.29 is 19.2 Å². The SMILES string of the molecule is O=C(O)[C@H]1CCCN(C(=O)CCc2nc(-c3cccs3)no2)C1. The van der Waals surface area contributed by atoms with E-state index in [2.05, 4.69) is 10.1 Å². The van der Waals surface area contributed by atoms with Gasteiger partial charge >= 0.3 is 5.97 Å². The Balaban J connectivity index is 1.54. The highest BCUT2D eigenvalue weighted by Gasteiger charge is 2.28. The van der Waals surface area contributed by atoms with Crippen molar-refractivity contribution in [1.29, 1.82) is 0 Å². The van der Waals surface area contributed by atoms with Crippen molar-refractivity contribution in [3.05, 3.63) is 23.4 Å². The number of carbonyl (C=O) groups excluding carboxylic acids is 1. The number of carboxylic acid groups (broad SMARTS) is 1. The first-order chi connectivity index (χ1) is 11.1. The van der Waals surface area contributed by atoms with Crippen LogP contribution in [0.2, 0.25) is 0 Å². The molecular weight excluding hydrogens is 318 g/mol. The minimum Gasteiger partial charge on any atom is -0.481 e. The molecule has 0 bridgehead atoms. The van der Waals surface area contributed by atoms with E-state index < -0.39 is 11.9 Å². The first kappa shape index (κ1) is 15.7. The van der Waals surface area contributed by atoms with Gasteiger partial charge in [-0.3, -0.25) is 9.59 Å². The van der Waals surface area contributed by atoms with E-state index in [0.717, 1.165) is 11.3 Å². The summed E-state index contributed by atoms with van der Waals surface area (Å²) >= 11 is 1.52. The molecule has 0 aliphatic carbocycles. The molecule has 122 valence electrons. The van der Waals surface area contributed by atoms with Gasteiger partial charge in [0, 0.05) is 25.9 Å². The Bertz CT molecular complexity index is 683. The summed E-state index contributed by atoms with van der Waals surface area (Å²) < 4.78 is 5.17. The molecule has 23 heavy (non-hydrogen) atoms. The minimum atomic E-state index is -0.833. The van der Waals surface area contributed by atoms with E-state index in [-0.39, 0.29) is 12.3 Å². The molecule has 1 fully saturated rings. The van der Waals surface area contributed by atoms with E-state index in [9.17, 15) is 9.59 Å². The summed E-state index contributed by atoms with van der Waals surface area (Å²) in [5.41, 5.74) is 0. The highest BCUT2D eigenvalue weighted by molar-refractivity contribution is 7.13. The van der Waals surface area contributed by atoms with Crippen molar-refractivity contribution in [3.8, 4) is 10.7 Å². The van der Waals surface area contributed by atoms with E-state index in [0.29, 0.717) is 37.6 Å². The van der Waals surface area contributed by atoms with E-state index in [1.54, 1.807) is 4.90 Å². The predicted octanol–water partition coefficient (Wildman–Crippen LogP) is 2.05. The molecule has 8 heteroatoms. The summed E-state index contributed by atoms with van der Waals surface area (Å²) in [5, 5.41) is 14.9. The number of aliphatic carboxylic acids is 1. The number of hydrogen-bond donors (Lipinski definition) is 1. The second-order valence-electron chi connectivity index (χ2n) is 5.51. The van der Waals surface area contributed by atoms with E-state index >= 15 is 0 Å². The number of likely N-dealkylation sites (tertiary alicyclic amines) is 1. The van der Waals surface area contributed by atoms with Gasteiger partial charge in [0.15, 0.2) is 0 Å². The Hall–Kier alpha value is -2.22. The summed E-state index contributed by atoms with van der Waals surface area (Å²) in [7, 11) is 0. The molecule has 0 spiro atoms. The van der Waals surface area contributed by atoms with Crippen LogP contribution in [0.5, 0.6) is 0 Å². The summed E-state index contributed by atoms with van der Waals surface area (Å²) in [6.07, 6.45) is 1.97. The lowest BCUT2D eigenvalue weighted by atomic mass is 9.98. The van der Waals surface area contributed by atoms with Gasteiger partial charge in [-0.25, -0.2) is 0 Å². The van der Waals surface area contributed by atoms with Crippen LogP contribution in [0.15, 0.2) is 22.0 Å². The maximum absolute atomic E-state index is 12.2. The molecular formula is C15H17N3O4S. The third-order valence-corrected chi connectivity index (χ3v) is 4.75. The molecule has 1 amide bonds. The molecule has 3 heterocycles. The van der Waals surface area contributed by atoms with Crippen LogP contribution in [-0.4, -0.2) is 45.1 Å². The van der Waals surface area contributed by atoms with Gasteiger partial charge in [0.05, 0.1) is 10.8 Å². The zero-order chi connectivity index (χ0) is 16.2. The molecule has 2 aromatic rings. The lowest BCUT2D eigenvalue weighted by molar-refractivity contribution is -0.145. The minimum absolute atomic E-state index is 0.0631. The number of piperidine rings is 1. The third-order valence-electron chi connectivity index (χ3n) is 3.89. The number of hydrogen-bond acceptors (Lipinski definition) is 6. The van der Waals surface area contributed by atoms with Gasteiger partial charge in [-0.1, -0.05) is 11.2 Å². The van der Waals surface area contributed by atoms with Crippen LogP contribution in [-0.2, 0) is 16.0 Å². The van der Waals surface area contributed by atoms with E-state index in [1.807, 2.05) is 17.5 Å². The zero-order valence-corrected chi connectivity index (χ0v) is 13.3.